The van der Waals surface area contributed by atoms with Gasteiger partial charge < -0.3 is 38.6 Å². The topological polar surface area (TPSA) is 318 Å². The van der Waals surface area contributed by atoms with E-state index in [0.717, 1.165) is 15.2 Å². The fourth-order valence-corrected chi connectivity index (χ4v) is 6.51. The summed E-state index contributed by atoms with van der Waals surface area (Å²) in [6, 6.07) is 29.5. The number of benzene rings is 3. The highest BCUT2D eigenvalue weighted by Crippen LogP contribution is 2.26. The number of H-pyrrole nitrogens is 1. The van der Waals surface area contributed by atoms with Crippen molar-refractivity contribution < 1.29 is 18.0 Å². The molecule has 2 atom stereocenters. The molecule has 316 valence electrons. The molecule has 0 fully saturated rings. The SMILES string of the molecule is Cc1ccc(S(=O)(=O)n2cnc(C[C@H](N)C(=O)Nc3ccc(N=Nc4ccccc4)c(N)n3)c2)cc1.Nc1nc(NC(=O)[C@@H](N)Cc2cnc[nH]2)ccc1N=Nc1ccccc1. The van der Waals surface area contributed by atoms with Crippen LogP contribution in [0.25, 0.3) is 0 Å². The molecule has 7 aromatic rings. The number of imidazole rings is 2. The first kappa shape index (κ1) is 43.6. The third-order valence-corrected chi connectivity index (χ3v) is 10.3. The molecule has 2 amide bonds. The Morgan fingerprint density at radius 3 is 1.71 bits per heavy atom. The van der Waals surface area contributed by atoms with Crippen molar-refractivity contribution in [3.8, 4) is 0 Å². The summed E-state index contributed by atoms with van der Waals surface area (Å²) in [4.78, 5) is 44.0. The number of rotatable bonds is 14. The summed E-state index contributed by atoms with van der Waals surface area (Å²) in [6.07, 6.45) is 6.03. The Morgan fingerprint density at radius 1 is 0.710 bits per heavy atom. The average Bonchev–Trinajstić information content (AvgIpc) is 3.97. The number of hydrogen-bond acceptors (Lipinski definition) is 16. The lowest BCUT2D eigenvalue weighted by Crippen LogP contribution is -2.37. The third-order valence-electron chi connectivity index (χ3n) is 8.67. The van der Waals surface area contributed by atoms with Crippen molar-refractivity contribution in [3.05, 3.63) is 151 Å². The molecule has 0 saturated carbocycles. The molecule has 3 aromatic carbocycles. The van der Waals surface area contributed by atoms with Gasteiger partial charge in [-0.3, -0.25) is 9.59 Å². The largest absolute Gasteiger partial charge is 0.382 e. The number of anilines is 4. The molecule has 0 saturated heterocycles. The van der Waals surface area contributed by atoms with E-state index >= 15 is 0 Å². The van der Waals surface area contributed by atoms with E-state index < -0.39 is 28.0 Å². The number of hydrogen-bond donors (Lipinski definition) is 7. The van der Waals surface area contributed by atoms with Gasteiger partial charge in [0, 0.05) is 30.9 Å². The van der Waals surface area contributed by atoms with Gasteiger partial charge in [0.05, 0.1) is 40.4 Å². The highest BCUT2D eigenvalue weighted by molar-refractivity contribution is 7.90. The smallest absolute Gasteiger partial charge is 0.268 e. The van der Waals surface area contributed by atoms with Crippen LogP contribution in [0, 0.1) is 6.92 Å². The lowest BCUT2D eigenvalue weighted by molar-refractivity contribution is -0.118. The zero-order chi connectivity index (χ0) is 44.1. The van der Waals surface area contributed by atoms with Crippen LogP contribution in [0.2, 0.25) is 0 Å². The van der Waals surface area contributed by atoms with Crippen LogP contribution in [0.3, 0.4) is 0 Å². The van der Waals surface area contributed by atoms with Crippen LogP contribution in [-0.2, 0) is 32.5 Å². The highest BCUT2D eigenvalue weighted by atomic mass is 32.2. The second-order valence-corrected chi connectivity index (χ2v) is 15.3. The molecule has 0 unspecified atom stereocenters. The van der Waals surface area contributed by atoms with Crippen LogP contribution in [0.1, 0.15) is 17.0 Å². The minimum Gasteiger partial charge on any atom is -0.382 e. The summed E-state index contributed by atoms with van der Waals surface area (Å²) in [5.41, 5.74) is 27.9. The second kappa shape index (κ2) is 20.3. The van der Waals surface area contributed by atoms with Gasteiger partial charge in [-0.15, -0.1) is 10.2 Å². The molecule has 0 bridgehead atoms. The van der Waals surface area contributed by atoms with Gasteiger partial charge in [-0.25, -0.2) is 32.3 Å². The average molecular weight is 855 g/mol. The van der Waals surface area contributed by atoms with Gasteiger partial charge in [0.2, 0.25) is 11.8 Å². The van der Waals surface area contributed by atoms with Gasteiger partial charge in [-0.2, -0.15) is 10.2 Å². The number of aromatic amines is 1. The van der Waals surface area contributed by atoms with Crippen molar-refractivity contribution in [1.82, 2.24) is 28.9 Å². The van der Waals surface area contributed by atoms with E-state index in [1.54, 1.807) is 48.7 Å². The number of carbonyl (C=O) groups excluding carboxylic acids is 2. The number of nitrogens with two attached hydrogens (primary N) is 4. The monoisotopic (exact) mass is 854 g/mol. The van der Waals surface area contributed by atoms with E-state index in [1.807, 2.05) is 55.5 Å². The van der Waals surface area contributed by atoms with Crippen molar-refractivity contribution in [3.63, 3.8) is 0 Å². The molecule has 0 spiro atoms. The highest BCUT2D eigenvalue weighted by Gasteiger charge is 2.21. The van der Waals surface area contributed by atoms with Gasteiger partial charge in [0.15, 0.2) is 11.6 Å². The fourth-order valence-electron chi connectivity index (χ4n) is 5.35. The molecule has 4 aromatic heterocycles. The second-order valence-electron chi connectivity index (χ2n) is 13.5. The molecule has 0 aliphatic carbocycles. The summed E-state index contributed by atoms with van der Waals surface area (Å²) < 4.78 is 26.6. The van der Waals surface area contributed by atoms with Crippen molar-refractivity contribution in [2.45, 2.75) is 36.7 Å². The minimum absolute atomic E-state index is 0.0150. The summed E-state index contributed by atoms with van der Waals surface area (Å²) in [5, 5.41) is 21.5. The molecule has 11 N–H and O–H groups in total. The zero-order valence-corrected chi connectivity index (χ0v) is 34.0. The maximum absolute atomic E-state index is 12.8. The predicted octanol–water partition coefficient (Wildman–Crippen LogP) is 5.64. The Balaban J connectivity index is 0.000000218. The first-order valence-electron chi connectivity index (χ1n) is 18.8. The van der Waals surface area contributed by atoms with Gasteiger partial charge in [0.25, 0.3) is 10.0 Å². The van der Waals surface area contributed by atoms with Crippen molar-refractivity contribution >= 4 is 67.9 Å². The van der Waals surface area contributed by atoms with E-state index in [0.29, 0.717) is 40.7 Å². The van der Waals surface area contributed by atoms with E-state index in [9.17, 15) is 18.0 Å². The number of nitrogen functional groups attached to an aromatic ring is 2. The fraction of sp³-hybridized carbons (Fsp3) is 0.122. The maximum Gasteiger partial charge on any atom is 0.268 e. The molecule has 7 rings (SSSR count). The number of pyridine rings is 2. The maximum atomic E-state index is 12.8. The van der Waals surface area contributed by atoms with Crippen molar-refractivity contribution in [2.75, 3.05) is 22.1 Å². The summed E-state index contributed by atoms with van der Waals surface area (Å²) >= 11 is 0. The summed E-state index contributed by atoms with van der Waals surface area (Å²) in [7, 11) is -3.80. The predicted molar refractivity (Wildman–Crippen MR) is 234 cm³/mol. The quantitative estimate of drug-likeness (QED) is 0.0654. The van der Waals surface area contributed by atoms with Gasteiger partial charge in [-0.05, 0) is 67.6 Å². The number of aryl methyl sites for hydroxylation is 1. The van der Waals surface area contributed by atoms with E-state index in [1.165, 1.54) is 37.1 Å². The first-order valence-corrected chi connectivity index (χ1v) is 20.2. The Morgan fingerprint density at radius 2 is 1.23 bits per heavy atom. The first-order chi connectivity index (χ1) is 29.8. The van der Waals surface area contributed by atoms with Crippen LogP contribution >= 0.6 is 0 Å². The number of nitrogens with one attached hydrogen (secondary N) is 3. The Labute approximate surface area is 355 Å². The molecule has 62 heavy (non-hydrogen) atoms. The standard InChI is InChI=1S/C24H24N8O3S.C17H18N8O/c1-16-7-9-19(10-8-16)36(34,35)32-14-18(27-15-32)13-20(25)24(33)29-22-12-11-21(23(26)28-22)31-30-17-5-3-2-4-6-17;18-13(8-12-9-20-10-21-12)17(26)23-15-7-6-14(16(19)22-15)25-24-11-4-2-1-3-5-11/h2-12,14-15,20H,13,25H2,1H3,(H3,26,28,29,33);1-7,9-10,13H,8,18H2,(H,20,21)(H3,19,22,23,26)/t20-;13-/m00/s1. The number of nitrogens with zero attached hydrogens (tertiary/aromatic N) is 9. The minimum atomic E-state index is -3.80. The summed E-state index contributed by atoms with van der Waals surface area (Å²) in [5.74, 6) is -0.169. The van der Waals surface area contributed by atoms with Crippen LogP contribution in [0.15, 0.2) is 160 Å². The van der Waals surface area contributed by atoms with Crippen LogP contribution in [0.4, 0.5) is 46.0 Å². The number of aromatic nitrogens is 6. The van der Waals surface area contributed by atoms with Crippen molar-refractivity contribution in [2.24, 2.45) is 31.9 Å². The molecule has 0 radical (unpaired) electrons. The molecule has 21 heteroatoms. The molecular weight excluding hydrogens is 813 g/mol. The normalized spacial score (nSPS) is 12.4. The molecular formula is C41H42N16O4S. The van der Waals surface area contributed by atoms with E-state index in [-0.39, 0.29) is 34.7 Å². The van der Waals surface area contributed by atoms with Crippen LogP contribution in [0.5, 0.6) is 0 Å². The molecule has 4 heterocycles. The van der Waals surface area contributed by atoms with E-state index in [4.69, 9.17) is 22.9 Å². The van der Waals surface area contributed by atoms with Crippen LogP contribution in [-0.4, -0.2) is 61.2 Å². The molecule has 20 nitrogen and oxygen atoms in total. The molecule has 0 aliphatic rings. The van der Waals surface area contributed by atoms with Crippen LogP contribution < -0.4 is 33.6 Å². The summed E-state index contributed by atoms with van der Waals surface area (Å²) in [6.45, 7) is 1.87. The third kappa shape index (κ3) is 12.0. The van der Waals surface area contributed by atoms with Gasteiger partial charge in [-0.1, -0.05) is 54.1 Å². The zero-order valence-electron chi connectivity index (χ0n) is 33.1. The van der Waals surface area contributed by atoms with Gasteiger partial charge in [0.1, 0.15) is 29.3 Å². The van der Waals surface area contributed by atoms with E-state index in [2.05, 4.69) is 56.0 Å². The lowest BCUT2D eigenvalue weighted by Gasteiger charge is -2.11. The number of amides is 2. The van der Waals surface area contributed by atoms with Crippen molar-refractivity contribution in [1.29, 1.82) is 0 Å². The Kier molecular flexibility index (Phi) is 14.3. The molecule has 0 aliphatic heterocycles. The number of carbonyl (C=O) groups is 2. The Hall–Kier alpha value is -8.01. The lowest BCUT2D eigenvalue weighted by atomic mass is 10.1. The van der Waals surface area contributed by atoms with Gasteiger partial charge >= 0.3 is 0 Å². The Bertz CT molecular complexity index is 2760. The number of azo groups is 2.